The number of hydrogen-bond acceptors (Lipinski definition) is 1. The molecular weight excluding hydrogens is 218 g/mol. The average Bonchev–Trinajstić information content (AvgIpc) is 2.31. The summed E-state index contributed by atoms with van der Waals surface area (Å²) in [4.78, 5) is 0. The molecule has 0 aromatic heterocycles. The van der Waals surface area contributed by atoms with Gasteiger partial charge in [-0.15, -0.1) is 6.58 Å². The van der Waals surface area contributed by atoms with E-state index in [1.54, 1.807) is 0 Å². The van der Waals surface area contributed by atoms with Crippen molar-refractivity contribution in [1.29, 1.82) is 0 Å². The van der Waals surface area contributed by atoms with Crippen LogP contribution in [0.4, 0.5) is 0 Å². The van der Waals surface area contributed by atoms with E-state index in [0.29, 0.717) is 6.04 Å². The molecule has 0 aliphatic heterocycles. The highest BCUT2D eigenvalue weighted by atomic mass is 35.5. The summed E-state index contributed by atoms with van der Waals surface area (Å²) in [6, 6.07) is 8.50. The highest BCUT2D eigenvalue weighted by Crippen LogP contribution is 2.20. The molecule has 0 fully saturated rings. The molecule has 1 rings (SSSR count). The van der Waals surface area contributed by atoms with Crippen molar-refractivity contribution in [2.45, 2.75) is 32.2 Å². The first kappa shape index (κ1) is 13.3. The molecule has 16 heavy (non-hydrogen) atoms. The van der Waals surface area contributed by atoms with Crippen LogP contribution in [0.1, 0.15) is 37.8 Å². The second kappa shape index (κ2) is 7.48. The van der Waals surface area contributed by atoms with Crippen molar-refractivity contribution in [3.63, 3.8) is 0 Å². The summed E-state index contributed by atoms with van der Waals surface area (Å²) in [5, 5.41) is 4.34. The van der Waals surface area contributed by atoms with Crippen LogP contribution in [0.25, 0.3) is 0 Å². The van der Waals surface area contributed by atoms with Crippen LogP contribution in [0, 0.1) is 0 Å². The van der Waals surface area contributed by atoms with E-state index in [1.807, 2.05) is 18.2 Å². The van der Waals surface area contributed by atoms with Gasteiger partial charge in [0, 0.05) is 11.1 Å². The quantitative estimate of drug-likeness (QED) is 0.696. The summed E-state index contributed by atoms with van der Waals surface area (Å²) in [5.41, 5.74) is 1.31. The Bertz CT molecular complexity index is 305. The molecule has 1 N–H and O–H groups in total. The molecule has 2 heteroatoms. The lowest BCUT2D eigenvalue weighted by Crippen LogP contribution is -2.21. The van der Waals surface area contributed by atoms with E-state index in [4.69, 9.17) is 11.6 Å². The zero-order valence-electron chi connectivity index (χ0n) is 9.88. The fourth-order valence-corrected chi connectivity index (χ4v) is 1.81. The topological polar surface area (TPSA) is 12.0 Å². The lowest BCUT2D eigenvalue weighted by Gasteiger charge is -2.18. The standard InChI is InChI=1S/C14H20ClN/c1-3-5-6-14(16-11-4-2)12-7-9-13(15)10-8-12/h3,7-10,14,16H,1,4-6,11H2,2H3. The van der Waals surface area contributed by atoms with E-state index in [9.17, 15) is 0 Å². The number of rotatable bonds is 7. The molecule has 0 aliphatic carbocycles. The molecule has 1 aromatic rings. The van der Waals surface area contributed by atoms with E-state index in [-0.39, 0.29) is 0 Å². The first-order valence-corrected chi connectivity index (χ1v) is 6.25. The number of benzene rings is 1. The molecule has 1 unspecified atom stereocenters. The molecule has 0 bridgehead atoms. The first-order valence-electron chi connectivity index (χ1n) is 5.87. The van der Waals surface area contributed by atoms with Crippen molar-refractivity contribution in [3.05, 3.63) is 47.5 Å². The highest BCUT2D eigenvalue weighted by Gasteiger charge is 2.08. The summed E-state index contributed by atoms with van der Waals surface area (Å²) in [7, 11) is 0. The van der Waals surface area contributed by atoms with Gasteiger partial charge in [-0.1, -0.05) is 36.7 Å². The molecular formula is C14H20ClN. The average molecular weight is 238 g/mol. The van der Waals surface area contributed by atoms with Crippen LogP contribution in [0.15, 0.2) is 36.9 Å². The molecule has 0 amide bonds. The van der Waals surface area contributed by atoms with Crippen molar-refractivity contribution < 1.29 is 0 Å². The Balaban J connectivity index is 2.66. The Morgan fingerprint density at radius 3 is 2.62 bits per heavy atom. The molecule has 0 heterocycles. The van der Waals surface area contributed by atoms with Gasteiger partial charge < -0.3 is 5.32 Å². The number of halogens is 1. The van der Waals surface area contributed by atoms with Crippen molar-refractivity contribution in [2.75, 3.05) is 6.54 Å². The SMILES string of the molecule is C=CCCC(NCCC)c1ccc(Cl)cc1. The zero-order chi connectivity index (χ0) is 11.8. The first-order chi connectivity index (χ1) is 7.77. The highest BCUT2D eigenvalue weighted by molar-refractivity contribution is 6.30. The van der Waals surface area contributed by atoms with E-state index < -0.39 is 0 Å². The third kappa shape index (κ3) is 4.38. The molecule has 0 spiro atoms. The molecule has 1 nitrogen and oxygen atoms in total. The number of nitrogens with one attached hydrogen (secondary N) is 1. The van der Waals surface area contributed by atoms with Crippen LogP contribution < -0.4 is 5.32 Å². The fraction of sp³-hybridized carbons (Fsp3) is 0.429. The maximum atomic E-state index is 5.89. The van der Waals surface area contributed by atoms with Gasteiger partial charge in [0.15, 0.2) is 0 Å². The number of hydrogen-bond donors (Lipinski definition) is 1. The summed E-state index contributed by atoms with van der Waals surface area (Å²) in [6.45, 7) is 7.00. The van der Waals surface area contributed by atoms with Crippen LogP contribution in [-0.4, -0.2) is 6.54 Å². The largest absolute Gasteiger partial charge is 0.310 e. The number of allylic oxidation sites excluding steroid dienone is 1. The minimum Gasteiger partial charge on any atom is -0.310 e. The van der Waals surface area contributed by atoms with Gasteiger partial charge in [-0.3, -0.25) is 0 Å². The van der Waals surface area contributed by atoms with Gasteiger partial charge in [0.1, 0.15) is 0 Å². The third-order valence-electron chi connectivity index (χ3n) is 2.57. The van der Waals surface area contributed by atoms with Gasteiger partial charge >= 0.3 is 0 Å². The maximum absolute atomic E-state index is 5.89. The summed E-state index contributed by atoms with van der Waals surface area (Å²) in [6.07, 6.45) is 5.24. The van der Waals surface area contributed by atoms with Crippen LogP contribution in [0.5, 0.6) is 0 Å². The lowest BCUT2D eigenvalue weighted by atomic mass is 10.0. The normalized spacial score (nSPS) is 12.4. The second-order valence-electron chi connectivity index (χ2n) is 3.92. The second-order valence-corrected chi connectivity index (χ2v) is 4.36. The van der Waals surface area contributed by atoms with Crippen molar-refractivity contribution in [1.82, 2.24) is 5.32 Å². The Hall–Kier alpha value is -0.790. The van der Waals surface area contributed by atoms with Crippen LogP contribution in [0.2, 0.25) is 5.02 Å². The molecule has 1 aromatic carbocycles. The van der Waals surface area contributed by atoms with Gasteiger partial charge in [-0.2, -0.15) is 0 Å². The molecule has 0 aliphatic rings. The monoisotopic (exact) mass is 237 g/mol. The molecule has 0 radical (unpaired) electrons. The molecule has 0 saturated heterocycles. The Morgan fingerprint density at radius 2 is 2.06 bits per heavy atom. The van der Waals surface area contributed by atoms with Crippen molar-refractivity contribution >= 4 is 11.6 Å². The van der Waals surface area contributed by atoms with Crippen LogP contribution in [-0.2, 0) is 0 Å². The van der Waals surface area contributed by atoms with Crippen molar-refractivity contribution in [2.24, 2.45) is 0 Å². The van der Waals surface area contributed by atoms with Crippen LogP contribution >= 0.6 is 11.6 Å². The Labute approximate surface area is 104 Å². The van der Waals surface area contributed by atoms with Crippen LogP contribution in [0.3, 0.4) is 0 Å². The van der Waals surface area contributed by atoms with Gasteiger partial charge in [-0.25, -0.2) is 0 Å². The van der Waals surface area contributed by atoms with Crippen molar-refractivity contribution in [3.8, 4) is 0 Å². The van der Waals surface area contributed by atoms with Gasteiger partial charge in [-0.05, 0) is 43.5 Å². The van der Waals surface area contributed by atoms with E-state index in [1.165, 1.54) is 5.56 Å². The summed E-state index contributed by atoms with van der Waals surface area (Å²) >= 11 is 5.89. The minimum absolute atomic E-state index is 0.412. The lowest BCUT2D eigenvalue weighted by molar-refractivity contribution is 0.503. The summed E-state index contributed by atoms with van der Waals surface area (Å²) < 4.78 is 0. The van der Waals surface area contributed by atoms with Gasteiger partial charge in [0.05, 0.1) is 0 Å². The van der Waals surface area contributed by atoms with E-state index in [2.05, 4.69) is 31.0 Å². The fourth-order valence-electron chi connectivity index (χ4n) is 1.68. The minimum atomic E-state index is 0.412. The Kier molecular flexibility index (Phi) is 6.20. The van der Waals surface area contributed by atoms with E-state index in [0.717, 1.165) is 30.8 Å². The van der Waals surface area contributed by atoms with Gasteiger partial charge in [0.2, 0.25) is 0 Å². The maximum Gasteiger partial charge on any atom is 0.0406 e. The molecule has 0 saturated carbocycles. The van der Waals surface area contributed by atoms with E-state index >= 15 is 0 Å². The third-order valence-corrected chi connectivity index (χ3v) is 2.82. The predicted octanol–water partition coefficient (Wildman–Crippen LogP) is 4.35. The van der Waals surface area contributed by atoms with Gasteiger partial charge in [0.25, 0.3) is 0 Å². The zero-order valence-corrected chi connectivity index (χ0v) is 10.6. The summed E-state index contributed by atoms with van der Waals surface area (Å²) in [5.74, 6) is 0. The molecule has 1 atom stereocenters. The molecule has 88 valence electrons. The smallest absolute Gasteiger partial charge is 0.0406 e. The Morgan fingerprint density at radius 1 is 1.38 bits per heavy atom. The predicted molar refractivity (Wildman–Crippen MR) is 71.9 cm³/mol.